The lowest BCUT2D eigenvalue weighted by Crippen LogP contribution is -2.59. The molecule has 2 aliphatic heterocycles. The van der Waals surface area contributed by atoms with Crippen LogP contribution in [-0.4, -0.2) is 69.6 Å². The number of hydrogen-bond donors (Lipinski definition) is 0. The quantitative estimate of drug-likeness (QED) is 0.324. The molecule has 4 rings (SSSR count). The number of carbonyl (C=O) groups excluding carboxylic acids is 1. The van der Waals surface area contributed by atoms with Crippen molar-refractivity contribution < 1.29 is 18.7 Å². The van der Waals surface area contributed by atoms with Crippen molar-refractivity contribution in [3.05, 3.63) is 11.0 Å². The Kier molecular flexibility index (Phi) is 7.24. The van der Waals surface area contributed by atoms with E-state index < -0.39 is 11.4 Å². The van der Waals surface area contributed by atoms with E-state index in [1.165, 1.54) is 11.8 Å². The van der Waals surface area contributed by atoms with Gasteiger partial charge in [0.1, 0.15) is 28.4 Å². The maximum atomic E-state index is 14.8. The summed E-state index contributed by atoms with van der Waals surface area (Å²) in [5.41, 5.74) is -0.498. The molecule has 2 aromatic heterocycles. The highest BCUT2D eigenvalue weighted by molar-refractivity contribution is 7.98. The van der Waals surface area contributed by atoms with Gasteiger partial charge in [-0.3, -0.25) is 0 Å². The maximum absolute atomic E-state index is 14.8. The van der Waals surface area contributed by atoms with Crippen LogP contribution in [0.15, 0.2) is 5.16 Å². The van der Waals surface area contributed by atoms with E-state index in [-0.39, 0.29) is 34.8 Å². The minimum absolute atomic E-state index is 0.0850. The van der Waals surface area contributed by atoms with Crippen molar-refractivity contribution in [2.45, 2.75) is 64.4 Å². The molecular formula is C21H29ClFN5O3S. The average molecular weight is 486 g/mol. The summed E-state index contributed by atoms with van der Waals surface area (Å²) in [6.07, 6.45) is 1.09. The van der Waals surface area contributed by atoms with Gasteiger partial charge in [0.2, 0.25) is 5.88 Å². The summed E-state index contributed by atoms with van der Waals surface area (Å²) in [5, 5.41) is 0.527. The predicted octanol–water partition coefficient (Wildman–Crippen LogP) is 4.77. The summed E-state index contributed by atoms with van der Waals surface area (Å²) in [6, 6.07) is -0.227. The molecule has 0 N–H and O–H groups in total. The molecule has 32 heavy (non-hydrogen) atoms. The number of piperazine rings is 1. The lowest BCUT2D eigenvalue weighted by atomic mass is 10.1. The Labute approximate surface area is 196 Å². The van der Waals surface area contributed by atoms with Crippen LogP contribution in [0.1, 0.15) is 41.5 Å². The highest BCUT2D eigenvalue weighted by Crippen LogP contribution is 2.41. The first kappa shape index (κ1) is 24.6. The third-order valence-corrected chi connectivity index (χ3v) is 5.83. The number of hydrogen-bond acceptors (Lipinski definition) is 8. The van der Waals surface area contributed by atoms with Crippen LogP contribution < -0.4 is 9.64 Å². The molecule has 0 radical (unpaired) electrons. The van der Waals surface area contributed by atoms with E-state index in [9.17, 15) is 9.18 Å². The number of pyridine rings is 1. The van der Waals surface area contributed by atoms with Crippen LogP contribution in [0, 0.1) is 5.82 Å². The first-order chi connectivity index (χ1) is 15.1. The first-order valence-electron chi connectivity index (χ1n) is 10.6. The second-order valence-corrected chi connectivity index (χ2v) is 9.42. The van der Waals surface area contributed by atoms with Gasteiger partial charge < -0.3 is 19.3 Å². The molecule has 176 valence electrons. The third kappa shape index (κ3) is 4.66. The Hall–Kier alpha value is -2.07. The average Bonchev–Trinajstić information content (AvgIpc) is 2.86. The monoisotopic (exact) mass is 485 g/mol. The van der Waals surface area contributed by atoms with E-state index in [0.717, 1.165) is 0 Å². The molecule has 0 aliphatic carbocycles. The molecule has 0 aromatic carbocycles. The van der Waals surface area contributed by atoms with Gasteiger partial charge in [0.25, 0.3) is 0 Å². The van der Waals surface area contributed by atoms with Gasteiger partial charge in [0.15, 0.2) is 16.1 Å². The van der Waals surface area contributed by atoms with Crippen LogP contribution >= 0.6 is 23.4 Å². The molecule has 1 saturated heterocycles. The highest BCUT2D eigenvalue weighted by Gasteiger charge is 2.40. The fourth-order valence-corrected chi connectivity index (χ4v) is 4.21. The zero-order valence-corrected chi connectivity index (χ0v) is 21.0. The van der Waals surface area contributed by atoms with Gasteiger partial charge >= 0.3 is 6.09 Å². The van der Waals surface area contributed by atoms with Gasteiger partial charge in [0, 0.05) is 19.6 Å². The highest BCUT2D eigenvalue weighted by atomic mass is 35.5. The van der Waals surface area contributed by atoms with Gasteiger partial charge in [-0.15, -0.1) is 0 Å². The Morgan fingerprint density at radius 1 is 1.25 bits per heavy atom. The molecule has 2 aliphatic rings. The predicted molar refractivity (Wildman–Crippen MR) is 124 cm³/mol. The molecule has 1 fully saturated rings. The van der Waals surface area contributed by atoms with Crippen molar-refractivity contribution in [1.82, 2.24) is 19.9 Å². The molecule has 0 bridgehead atoms. The van der Waals surface area contributed by atoms with E-state index in [1.54, 1.807) is 4.90 Å². The van der Waals surface area contributed by atoms with Gasteiger partial charge in [-0.05, 0) is 34.0 Å². The van der Waals surface area contributed by atoms with Crippen LogP contribution in [-0.2, 0) is 4.74 Å². The minimum Gasteiger partial charge on any atom is -0.472 e. The molecule has 1 unspecified atom stereocenters. The third-order valence-electron chi connectivity index (χ3n) is 5.04. The van der Waals surface area contributed by atoms with E-state index in [1.807, 2.05) is 52.7 Å². The number of anilines is 1. The second kappa shape index (κ2) is 9.43. The number of fused-ring (bicyclic) bond motifs is 2. The van der Waals surface area contributed by atoms with E-state index in [4.69, 9.17) is 21.1 Å². The molecule has 2 aromatic rings. The Bertz CT molecular complexity index is 1020. The zero-order valence-electron chi connectivity index (χ0n) is 19.4. The topological polar surface area (TPSA) is 80.7 Å². The second-order valence-electron chi connectivity index (χ2n) is 8.29. The number of aromatic nitrogens is 3. The molecular weight excluding hydrogens is 457 g/mol. The van der Waals surface area contributed by atoms with E-state index >= 15 is 0 Å². The molecule has 4 heterocycles. The summed E-state index contributed by atoms with van der Waals surface area (Å²) < 4.78 is 26.4. The number of nitrogens with zero attached hydrogens (tertiary/aromatic N) is 5. The molecule has 0 spiro atoms. The molecule has 2 atom stereocenters. The summed E-state index contributed by atoms with van der Waals surface area (Å²) in [6.45, 7) is 12.7. The van der Waals surface area contributed by atoms with E-state index in [0.29, 0.717) is 36.0 Å². The van der Waals surface area contributed by atoms with Gasteiger partial charge in [-0.2, -0.15) is 4.98 Å². The molecule has 0 saturated carbocycles. The molecule has 8 nitrogen and oxygen atoms in total. The van der Waals surface area contributed by atoms with Crippen LogP contribution in [0.4, 0.5) is 15.0 Å². The van der Waals surface area contributed by atoms with Crippen LogP contribution in [0.5, 0.6) is 5.88 Å². The summed E-state index contributed by atoms with van der Waals surface area (Å²) in [4.78, 5) is 29.4. The maximum Gasteiger partial charge on any atom is 0.410 e. The van der Waals surface area contributed by atoms with Crippen molar-refractivity contribution in [2.75, 3.05) is 30.8 Å². The fraction of sp³-hybridized carbons (Fsp3) is 0.619. The Morgan fingerprint density at radius 3 is 2.56 bits per heavy atom. The van der Waals surface area contributed by atoms with Crippen LogP contribution in [0.3, 0.4) is 0 Å². The van der Waals surface area contributed by atoms with E-state index in [2.05, 4.69) is 15.0 Å². The lowest BCUT2D eigenvalue weighted by Gasteiger charge is -2.43. The minimum atomic E-state index is -0.698. The standard InChI is InChI=1S/C19H23ClFN5O3S.C2H6/c1-9-10-8-25(18(27)29-19(2,3)4)6-7-26(10)15-11-13(22-17(24-15)30-5)12(21)14(20)23-16(11)28-9;1-2/h9-10H,6-8H2,1-5H3;1-2H3/t9?,10-;/m0./s1. The number of ether oxygens (including phenoxy) is 2. The van der Waals surface area contributed by atoms with Crippen LogP contribution in [0.2, 0.25) is 5.15 Å². The summed E-state index contributed by atoms with van der Waals surface area (Å²) >= 11 is 7.32. The number of thioether (sulfide) groups is 1. The van der Waals surface area contributed by atoms with Gasteiger partial charge in [-0.25, -0.2) is 19.2 Å². The number of halogens is 2. The molecule has 11 heteroatoms. The summed E-state index contributed by atoms with van der Waals surface area (Å²) in [5.74, 6) is 0.0434. The van der Waals surface area contributed by atoms with Crippen molar-refractivity contribution in [3.63, 3.8) is 0 Å². The smallest absolute Gasteiger partial charge is 0.410 e. The zero-order chi connectivity index (χ0) is 23.8. The largest absolute Gasteiger partial charge is 0.472 e. The van der Waals surface area contributed by atoms with Crippen molar-refractivity contribution in [3.8, 4) is 5.88 Å². The number of rotatable bonds is 1. The summed E-state index contributed by atoms with van der Waals surface area (Å²) in [7, 11) is 0. The Morgan fingerprint density at radius 2 is 1.94 bits per heavy atom. The van der Waals surface area contributed by atoms with Gasteiger partial charge in [-0.1, -0.05) is 37.2 Å². The SMILES string of the molecule is CC.CSc1nc2c3c(nc(Cl)c(F)c3n1)OC(C)[C@@H]1CN(C(=O)OC(C)(C)C)CCN21. The van der Waals surface area contributed by atoms with Gasteiger partial charge in [0.05, 0.1) is 6.04 Å². The number of carbonyl (C=O) groups is 1. The Balaban J connectivity index is 0.00000141. The molecule has 1 amide bonds. The number of amides is 1. The normalized spacial score (nSPS) is 20.0. The van der Waals surface area contributed by atoms with Crippen molar-refractivity contribution >= 4 is 46.2 Å². The van der Waals surface area contributed by atoms with Crippen molar-refractivity contribution in [1.29, 1.82) is 0 Å². The lowest BCUT2D eigenvalue weighted by molar-refractivity contribution is 0.0175. The van der Waals surface area contributed by atoms with Crippen molar-refractivity contribution in [2.24, 2.45) is 0 Å². The van der Waals surface area contributed by atoms with Crippen LogP contribution in [0.25, 0.3) is 10.9 Å². The fourth-order valence-electron chi connectivity index (χ4n) is 3.68. The first-order valence-corrected chi connectivity index (χ1v) is 12.2.